The summed E-state index contributed by atoms with van der Waals surface area (Å²) >= 11 is 12.7. The van der Waals surface area contributed by atoms with Gasteiger partial charge in [0.15, 0.2) is 5.15 Å². The van der Waals surface area contributed by atoms with E-state index in [0.717, 1.165) is 5.56 Å². The van der Waals surface area contributed by atoms with Crippen molar-refractivity contribution in [3.05, 3.63) is 112 Å². The van der Waals surface area contributed by atoms with Crippen molar-refractivity contribution in [2.45, 2.75) is 12.5 Å². The van der Waals surface area contributed by atoms with E-state index in [1.165, 1.54) is 31.2 Å². The molecule has 48 heavy (non-hydrogen) atoms. The summed E-state index contributed by atoms with van der Waals surface area (Å²) in [4.78, 5) is 36.7. The van der Waals surface area contributed by atoms with Crippen molar-refractivity contribution in [3.8, 4) is 16.8 Å². The van der Waals surface area contributed by atoms with Crippen LogP contribution in [0.1, 0.15) is 22.9 Å². The maximum absolute atomic E-state index is 13.4. The van der Waals surface area contributed by atoms with Crippen molar-refractivity contribution in [3.63, 3.8) is 0 Å². The molecule has 4 N–H and O–H groups in total. The zero-order chi connectivity index (χ0) is 34.0. The third-order valence-corrected chi connectivity index (χ3v) is 7.46. The van der Waals surface area contributed by atoms with Gasteiger partial charge in [-0.1, -0.05) is 47.5 Å². The van der Waals surface area contributed by atoms with Gasteiger partial charge in [-0.3, -0.25) is 10.1 Å². The average Bonchev–Trinajstić information content (AvgIpc) is 3.63. The van der Waals surface area contributed by atoms with Gasteiger partial charge in [0.05, 0.1) is 24.5 Å². The Morgan fingerprint density at radius 2 is 1.67 bits per heavy atom. The summed E-state index contributed by atoms with van der Waals surface area (Å²) in [5.74, 6) is -0.419. The number of rotatable bonds is 10. The van der Waals surface area contributed by atoms with Crippen LogP contribution in [0.2, 0.25) is 10.2 Å². The first-order valence-corrected chi connectivity index (χ1v) is 15.1. The van der Waals surface area contributed by atoms with Crippen LogP contribution in [-0.4, -0.2) is 62.6 Å². The second kappa shape index (κ2) is 15.6. The Morgan fingerprint density at radius 1 is 0.938 bits per heavy atom. The van der Waals surface area contributed by atoms with Gasteiger partial charge >= 0.3 is 12.1 Å². The molecule has 0 aliphatic rings. The highest BCUT2D eigenvalue weighted by Gasteiger charge is 2.20. The second-order valence-corrected chi connectivity index (χ2v) is 10.9. The predicted octanol–water partition coefficient (Wildman–Crippen LogP) is 5.47. The second-order valence-electron chi connectivity index (χ2n) is 10.1. The van der Waals surface area contributed by atoms with Crippen LogP contribution in [-0.2, 0) is 16.0 Å². The first-order valence-electron chi connectivity index (χ1n) is 14.3. The fourth-order valence-corrected chi connectivity index (χ4v) is 4.96. The molecule has 0 aliphatic heterocycles. The molecule has 0 aliphatic carbocycles. The van der Waals surface area contributed by atoms with Crippen molar-refractivity contribution < 1.29 is 19.1 Å². The summed E-state index contributed by atoms with van der Waals surface area (Å²) in [5, 5.41) is 31.2. The Bertz CT molecular complexity index is 1940. The topological polar surface area (TPSA) is 178 Å². The molecule has 0 fully saturated rings. The van der Waals surface area contributed by atoms with Crippen LogP contribution in [0.3, 0.4) is 0 Å². The number of nitrogens with one attached hydrogen (secondary N) is 4. The number of ether oxygens (including phenoxy) is 1. The third-order valence-electron chi connectivity index (χ3n) is 6.95. The Morgan fingerprint density at radius 3 is 2.35 bits per heavy atom. The predicted molar refractivity (Wildman–Crippen MR) is 181 cm³/mol. The van der Waals surface area contributed by atoms with Gasteiger partial charge in [-0.25, -0.2) is 9.59 Å². The van der Waals surface area contributed by atoms with E-state index in [1.54, 1.807) is 66.7 Å². The number of hydrogen-bond acceptors (Lipinski definition) is 9. The molecule has 3 aromatic carbocycles. The van der Waals surface area contributed by atoms with Crippen LogP contribution in [0.25, 0.3) is 22.9 Å². The van der Waals surface area contributed by atoms with E-state index in [0.29, 0.717) is 50.9 Å². The number of aromatic nitrogens is 6. The van der Waals surface area contributed by atoms with Gasteiger partial charge in [0, 0.05) is 40.6 Å². The highest BCUT2D eigenvalue weighted by Crippen LogP contribution is 2.30. The van der Waals surface area contributed by atoms with Crippen molar-refractivity contribution in [1.29, 1.82) is 0 Å². The minimum Gasteiger partial charge on any atom is -0.453 e. The molecule has 2 aromatic heterocycles. The Balaban J connectivity index is 1.43. The Kier molecular flexibility index (Phi) is 10.9. The van der Waals surface area contributed by atoms with Gasteiger partial charge in [-0.2, -0.15) is 9.78 Å². The number of halogens is 2. The van der Waals surface area contributed by atoms with E-state index >= 15 is 0 Å². The molecule has 1 unspecified atom stereocenters. The summed E-state index contributed by atoms with van der Waals surface area (Å²) < 4.78 is 6.11. The fourth-order valence-electron chi connectivity index (χ4n) is 4.57. The maximum atomic E-state index is 13.4. The zero-order valence-corrected chi connectivity index (χ0v) is 27.0. The molecule has 0 saturated carbocycles. The van der Waals surface area contributed by atoms with Crippen LogP contribution >= 0.6 is 23.2 Å². The van der Waals surface area contributed by atoms with Gasteiger partial charge in [0.1, 0.15) is 6.33 Å². The number of hydrogen-bond donors (Lipinski definition) is 4. The number of carbonyl (C=O) groups is 3. The Labute approximate surface area is 284 Å². The lowest BCUT2D eigenvalue weighted by Gasteiger charge is -2.19. The summed E-state index contributed by atoms with van der Waals surface area (Å²) in [5.41, 5.74) is 4.92. The normalized spacial score (nSPS) is 11.5. The van der Waals surface area contributed by atoms with E-state index in [9.17, 15) is 14.4 Å². The zero-order valence-electron chi connectivity index (χ0n) is 25.5. The van der Waals surface area contributed by atoms with Crippen molar-refractivity contribution >= 4 is 58.7 Å². The van der Waals surface area contributed by atoms with E-state index < -0.39 is 18.0 Å². The number of nitrogens with zero attached hydrogens (tertiary/aromatic N) is 6. The smallest absolute Gasteiger partial charge is 0.411 e. The molecular formula is C32H28Cl2N10O4. The molecule has 1 atom stereocenters. The Hall–Kier alpha value is -5.86. The molecule has 244 valence electrons. The number of anilines is 2. The van der Waals surface area contributed by atoms with E-state index in [1.807, 2.05) is 12.1 Å². The number of benzene rings is 3. The quantitative estimate of drug-likeness (QED) is 0.139. The van der Waals surface area contributed by atoms with Crippen molar-refractivity contribution in [2.24, 2.45) is 0 Å². The van der Waals surface area contributed by atoms with Crippen molar-refractivity contribution in [2.75, 3.05) is 24.8 Å². The lowest BCUT2D eigenvalue weighted by Crippen LogP contribution is -2.29. The molecule has 14 nitrogen and oxygen atoms in total. The number of methoxy groups -OCH3 is 1. The summed E-state index contributed by atoms with van der Waals surface area (Å²) in [6.07, 6.45) is 4.15. The standard InChI is InChI=1S/C32H28Cl2N10O4/c1-35-31(46)37-23-9-3-19(4-10-23)15-26(39-29(45)14-7-21-16-22(33)8-13-28(21)44-18-36-42-43-44)27-17-25(30(34)41-40-27)20-5-11-24(12-6-20)38-32(47)48-2/h3-14,16-18,26H,15H2,1-2H3,(H,38,47)(H,39,45)(H2,35,37,46)/b14-7+. The largest absolute Gasteiger partial charge is 0.453 e. The third kappa shape index (κ3) is 8.69. The maximum Gasteiger partial charge on any atom is 0.411 e. The van der Waals surface area contributed by atoms with Crippen molar-refractivity contribution in [1.82, 2.24) is 41.0 Å². The molecule has 16 heteroatoms. The van der Waals surface area contributed by atoms with Crippen LogP contribution in [0, 0.1) is 0 Å². The van der Waals surface area contributed by atoms with Gasteiger partial charge < -0.3 is 20.7 Å². The summed E-state index contributed by atoms with van der Waals surface area (Å²) in [6, 6.07) is 20.0. The fraction of sp³-hybridized carbons (Fsp3) is 0.125. The minimum absolute atomic E-state index is 0.151. The van der Waals surface area contributed by atoms with Crippen LogP contribution in [0.15, 0.2) is 85.2 Å². The van der Waals surface area contributed by atoms with E-state index in [4.69, 9.17) is 23.2 Å². The molecular weight excluding hydrogens is 659 g/mol. The highest BCUT2D eigenvalue weighted by molar-refractivity contribution is 6.32. The van der Waals surface area contributed by atoms with E-state index in [-0.39, 0.29) is 11.2 Å². The van der Waals surface area contributed by atoms with Gasteiger partial charge in [-0.05, 0) is 82.6 Å². The molecule has 0 bridgehead atoms. The number of tetrazole rings is 1. The average molecular weight is 688 g/mol. The SMILES string of the molecule is CNC(=O)Nc1ccc(CC(NC(=O)/C=C/c2cc(Cl)ccc2-n2cnnn2)c2cc(-c3ccc(NC(=O)OC)cc3)c(Cl)nn2)cc1. The molecule has 2 heterocycles. The number of carbonyl (C=O) groups excluding carboxylic acids is 3. The monoisotopic (exact) mass is 686 g/mol. The van der Waals surface area contributed by atoms with Gasteiger partial charge in [-0.15, -0.1) is 10.2 Å². The number of urea groups is 1. The lowest BCUT2D eigenvalue weighted by atomic mass is 10.00. The lowest BCUT2D eigenvalue weighted by molar-refractivity contribution is -0.117. The van der Waals surface area contributed by atoms with Crippen LogP contribution < -0.4 is 21.3 Å². The van der Waals surface area contributed by atoms with Gasteiger partial charge in [0.2, 0.25) is 5.91 Å². The summed E-state index contributed by atoms with van der Waals surface area (Å²) in [7, 11) is 2.80. The molecule has 4 amide bonds. The molecule has 0 saturated heterocycles. The van der Waals surface area contributed by atoms with Crippen LogP contribution in [0.5, 0.6) is 0 Å². The molecule has 5 aromatic rings. The number of amides is 4. The molecule has 0 radical (unpaired) electrons. The van der Waals surface area contributed by atoms with Gasteiger partial charge in [0.25, 0.3) is 0 Å². The molecule has 0 spiro atoms. The summed E-state index contributed by atoms with van der Waals surface area (Å²) in [6.45, 7) is 0. The first-order chi connectivity index (χ1) is 23.2. The highest BCUT2D eigenvalue weighted by atomic mass is 35.5. The van der Waals surface area contributed by atoms with E-state index in [2.05, 4.69) is 51.7 Å². The first kappa shape index (κ1) is 33.5. The van der Waals surface area contributed by atoms with Crippen LogP contribution in [0.4, 0.5) is 21.0 Å². The molecule has 5 rings (SSSR count). The minimum atomic E-state index is -0.651.